The third kappa shape index (κ3) is 3.93. The number of aliphatic hydroxyl groups excluding tert-OH is 1. The summed E-state index contributed by atoms with van der Waals surface area (Å²) in [6.07, 6.45) is 7.43. The monoisotopic (exact) mass is 269 g/mol. The third-order valence-electron chi connectivity index (χ3n) is 5.17. The third-order valence-corrected chi connectivity index (χ3v) is 5.17. The second-order valence-corrected chi connectivity index (χ2v) is 6.67. The lowest BCUT2D eigenvalue weighted by Gasteiger charge is -2.37. The summed E-state index contributed by atoms with van der Waals surface area (Å²) in [6.45, 7) is 6.36. The fourth-order valence-electron chi connectivity index (χ4n) is 4.02. The Hall–Kier alpha value is -0.120. The molecule has 0 aromatic rings. The van der Waals surface area contributed by atoms with Gasteiger partial charge in [-0.15, -0.1) is 0 Å². The first kappa shape index (κ1) is 15.3. The van der Waals surface area contributed by atoms with Gasteiger partial charge in [0.15, 0.2) is 0 Å². The molecular weight excluding hydrogens is 238 g/mol. The minimum Gasteiger partial charge on any atom is -0.393 e. The zero-order valence-electron chi connectivity index (χ0n) is 12.8. The number of hydrogen-bond donors (Lipinski definition) is 1. The van der Waals surface area contributed by atoms with E-state index in [-0.39, 0.29) is 6.10 Å². The van der Waals surface area contributed by atoms with E-state index in [4.69, 9.17) is 4.74 Å². The van der Waals surface area contributed by atoms with Crippen LogP contribution in [0.25, 0.3) is 0 Å². The molecule has 2 fully saturated rings. The molecular formula is C16H31NO2. The summed E-state index contributed by atoms with van der Waals surface area (Å²) in [5, 5.41) is 10.3. The van der Waals surface area contributed by atoms with Gasteiger partial charge < -0.3 is 14.7 Å². The molecule has 0 aromatic carbocycles. The average molecular weight is 269 g/mol. The van der Waals surface area contributed by atoms with Crippen molar-refractivity contribution in [2.75, 3.05) is 20.2 Å². The Morgan fingerprint density at radius 2 is 2.05 bits per heavy atom. The quantitative estimate of drug-likeness (QED) is 0.833. The second-order valence-electron chi connectivity index (χ2n) is 6.67. The molecule has 0 spiro atoms. The Morgan fingerprint density at radius 1 is 1.26 bits per heavy atom. The van der Waals surface area contributed by atoms with Crippen LogP contribution in [0.5, 0.6) is 0 Å². The summed E-state index contributed by atoms with van der Waals surface area (Å²) in [4.78, 5) is 2.43. The first-order valence-corrected chi connectivity index (χ1v) is 8.11. The summed E-state index contributed by atoms with van der Waals surface area (Å²) < 4.78 is 5.66. The predicted octanol–water partition coefficient (Wildman–Crippen LogP) is 2.67. The van der Waals surface area contributed by atoms with E-state index < -0.39 is 0 Å². The van der Waals surface area contributed by atoms with Crippen molar-refractivity contribution >= 4 is 0 Å². The Labute approximate surface area is 118 Å². The Kier molecular flexibility index (Phi) is 5.67. The van der Waals surface area contributed by atoms with Gasteiger partial charge in [-0.05, 0) is 51.5 Å². The van der Waals surface area contributed by atoms with Gasteiger partial charge in [0.25, 0.3) is 0 Å². The van der Waals surface area contributed by atoms with Crippen molar-refractivity contribution in [2.24, 2.45) is 11.8 Å². The number of hydrogen-bond acceptors (Lipinski definition) is 3. The molecule has 5 atom stereocenters. The topological polar surface area (TPSA) is 32.7 Å². The Balaban J connectivity index is 1.85. The van der Waals surface area contributed by atoms with Crippen LogP contribution in [0, 0.1) is 11.8 Å². The standard InChI is InChI=1S/C16H31NO2/c1-4-5-13-6-7-16(18)14(10-13)11-17(3)15-8-9-19-12(15)2/h12-16,18H,4-11H2,1-3H3. The van der Waals surface area contributed by atoms with E-state index in [0.29, 0.717) is 18.1 Å². The van der Waals surface area contributed by atoms with Crippen molar-refractivity contribution in [3.05, 3.63) is 0 Å². The molecule has 0 amide bonds. The normalized spacial score (nSPS) is 39.9. The molecule has 2 rings (SSSR count). The first-order chi connectivity index (χ1) is 9.11. The maximum Gasteiger partial charge on any atom is 0.0702 e. The lowest BCUT2D eigenvalue weighted by atomic mass is 9.77. The number of rotatable bonds is 5. The lowest BCUT2D eigenvalue weighted by molar-refractivity contribution is 0.0139. The van der Waals surface area contributed by atoms with Crippen molar-refractivity contribution in [3.8, 4) is 0 Å². The molecule has 112 valence electrons. The minimum absolute atomic E-state index is 0.0896. The zero-order chi connectivity index (χ0) is 13.8. The molecule has 1 heterocycles. The van der Waals surface area contributed by atoms with Gasteiger partial charge in [0, 0.05) is 19.2 Å². The van der Waals surface area contributed by atoms with Gasteiger partial charge in [-0.25, -0.2) is 0 Å². The van der Waals surface area contributed by atoms with Crippen LogP contribution < -0.4 is 0 Å². The molecule has 0 aromatic heterocycles. The highest BCUT2D eigenvalue weighted by atomic mass is 16.5. The van der Waals surface area contributed by atoms with Crippen molar-refractivity contribution in [1.82, 2.24) is 4.90 Å². The molecule has 1 aliphatic carbocycles. The van der Waals surface area contributed by atoms with E-state index in [9.17, 15) is 5.11 Å². The smallest absolute Gasteiger partial charge is 0.0702 e. The van der Waals surface area contributed by atoms with Crippen molar-refractivity contribution < 1.29 is 9.84 Å². The Morgan fingerprint density at radius 3 is 2.68 bits per heavy atom. The molecule has 19 heavy (non-hydrogen) atoms. The molecule has 5 unspecified atom stereocenters. The van der Waals surface area contributed by atoms with Gasteiger partial charge in [0.2, 0.25) is 0 Å². The minimum atomic E-state index is -0.0896. The number of ether oxygens (including phenoxy) is 1. The zero-order valence-corrected chi connectivity index (χ0v) is 12.8. The second kappa shape index (κ2) is 7.05. The van der Waals surface area contributed by atoms with E-state index in [0.717, 1.165) is 31.9 Å². The predicted molar refractivity (Wildman–Crippen MR) is 78.2 cm³/mol. The van der Waals surface area contributed by atoms with Gasteiger partial charge in [0.1, 0.15) is 0 Å². The number of nitrogens with zero attached hydrogens (tertiary/aromatic N) is 1. The van der Waals surface area contributed by atoms with Gasteiger partial charge in [-0.3, -0.25) is 0 Å². The summed E-state index contributed by atoms with van der Waals surface area (Å²) in [5.74, 6) is 1.30. The first-order valence-electron chi connectivity index (χ1n) is 8.11. The molecule has 1 aliphatic heterocycles. The molecule has 0 bridgehead atoms. The summed E-state index contributed by atoms with van der Waals surface area (Å²) >= 11 is 0. The van der Waals surface area contributed by atoms with Crippen LogP contribution >= 0.6 is 0 Å². The number of aliphatic hydroxyl groups is 1. The van der Waals surface area contributed by atoms with E-state index in [1.807, 2.05) is 0 Å². The van der Waals surface area contributed by atoms with Gasteiger partial charge in [-0.2, -0.15) is 0 Å². The van der Waals surface area contributed by atoms with Gasteiger partial charge in [-0.1, -0.05) is 19.8 Å². The number of likely N-dealkylation sites (N-methyl/N-ethyl adjacent to an activating group) is 1. The van der Waals surface area contributed by atoms with Crippen LogP contribution in [0.15, 0.2) is 0 Å². The maximum atomic E-state index is 10.3. The molecule has 3 heteroatoms. The molecule has 1 N–H and O–H groups in total. The summed E-state index contributed by atoms with van der Waals surface area (Å²) in [5.41, 5.74) is 0. The SMILES string of the molecule is CCCC1CCC(O)C(CN(C)C2CCOC2C)C1. The van der Waals surface area contributed by atoms with E-state index in [2.05, 4.69) is 25.8 Å². The summed E-state index contributed by atoms with van der Waals surface area (Å²) in [6, 6.07) is 0.541. The molecule has 1 saturated carbocycles. The average Bonchev–Trinajstić information content (AvgIpc) is 2.80. The Bertz CT molecular complexity index is 271. The van der Waals surface area contributed by atoms with Crippen molar-refractivity contribution in [3.63, 3.8) is 0 Å². The van der Waals surface area contributed by atoms with E-state index in [1.54, 1.807) is 0 Å². The van der Waals surface area contributed by atoms with Crippen LogP contribution in [0.3, 0.4) is 0 Å². The molecule has 3 nitrogen and oxygen atoms in total. The highest BCUT2D eigenvalue weighted by Crippen LogP contribution is 2.33. The van der Waals surface area contributed by atoms with Crippen LogP contribution in [0.4, 0.5) is 0 Å². The van der Waals surface area contributed by atoms with E-state index in [1.165, 1.54) is 25.7 Å². The van der Waals surface area contributed by atoms with Gasteiger partial charge in [0.05, 0.1) is 12.2 Å². The molecule has 1 saturated heterocycles. The van der Waals surface area contributed by atoms with Crippen LogP contribution in [0.2, 0.25) is 0 Å². The molecule has 0 radical (unpaired) electrons. The fraction of sp³-hybridized carbons (Fsp3) is 1.00. The van der Waals surface area contributed by atoms with Crippen molar-refractivity contribution in [1.29, 1.82) is 0 Å². The van der Waals surface area contributed by atoms with Crippen LogP contribution in [-0.2, 0) is 4.74 Å². The molecule has 2 aliphatic rings. The highest BCUT2D eigenvalue weighted by Gasteiger charge is 2.33. The maximum absolute atomic E-state index is 10.3. The largest absolute Gasteiger partial charge is 0.393 e. The van der Waals surface area contributed by atoms with Crippen LogP contribution in [0.1, 0.15) is 52.4 Å². The summed E-state index contributed by atoms with van der Waals surface area (Å²) in [7, 11) is 2.20. The fourth-order valence-corrected chi connectivity index (χ4v) is 4.02. The van der Waals surface area contributed by atoms with E-state index >= 15 is 0 Å². The highest BCUT2D eigenvalue weighted by molar-refractivity contribution is 4.86. The lowest BCUT2D eigenvalue weighted by Crippen LogP contribution is -2.44. The van der Waals surface area contributed by atoms with Gasteiger partial charge >= 0.3 is 0 Å². The van der Waals surface area contributed by atoms with Crippen molar-refractivity contribution in [2.45, 2.75) is 70.6 Å². The van der Waals surface area contributed by atoms with Crippen LogP contribution in [-0.4, -0.2) is 48.5 Å².